The van der Waals surface area contributed by atoms with Crippen LogP contribution < -0.4 is 0 Å². The zero-order valence-corrected chi connectivity index (χ0v) is 14.1. The van der Waals surface area contributed by atoms with E-state index in [0.717, 1.165) is 28.9 Å². The van der Waals surface area contributed by atoms with Crippen LogP contribution in [-0.4, -0.2) is 29.6 Å². The van der Waals surface area contributed by atoms with Gasteiger partial charge in [-0.25, -0.2) is 0 Å². The Balaban J connectivity index is 1.79. The van der Waals surface area contributed by atoms with Gasteiger partial charge in [0.25, 0.3) is 0 Å². The Morgan fingerprint density at radius 1 is 1.30 bits per heavy atom. The Bertz CT molecular complexity index is 415. The molecule has 0 amide bonds. The fourth-order valence-corrected chi connectivity index (χ4v) is 3.49. The van der Waals surface area contributed by atoms with Crippen molar-refractivity contribution in [2.24, 2.45) is 5.92 Å². The average molecular weight is 340 g/mol. The summed E-state index contributed by atoms with van der Waals surface area (Å²) in [6, 6.07) is 8.69. The highest BCUT2D eigenvalue weighted by Crippen LogP contribution is 2.27. The van der Waals surface area contributed by atoms with Gasteiger partial charge >= 0.3 is 0 Å². The molecule has 2 rings (SSSR count). The third-order valence-electron chi connectivity index (χ3n) is 4.60. The first kappa shape index (κ1) is 16.0. The lowest BCUT2D eigenvalue weighted by atomic mass is 9.86. The fraction of sp³-hybridized carbons (Fsp3) is 0.647. The molecule has 20 heavy (non-hydrogen) atoms. The fourth-order valence-electron chi connectivity index (χ4n) is 3.07. The molecule has 1 N–H and O–H groups in total. The number of hydrogen-bond donors (Lipinski definition) is 1. The molecule has 2 nitrogen and oxygen atoms in total. The second kappa shape index (κ2) is 7.58. The smallest absolute Gasteiger partial charge is 0.0802 e. The predicted molar refractivity (Wildman–Crippen MR) is 87.8 cm³/mol. The Morgan fingerprint density at radius 2 is 2.00 bits per heavy atom. The van der Waals surface area contributed by atoms with Crippen LogP contribution in [0, 0.1) is 5.92 Å². The van der Waals surface area contributed by atoms with Crippen molar-refractivity contribution in [2.75, 3.05) is 13.6 Å². The molecule has 0 saturated heterocycles. The molecule has 0 spiro atoms. The Morgan fingerprint density at radius 3 is 2.65 bits per heavy atom. The van der Waals surface area contributed by atoms with Crippen molar-refractivity contribution in [1.82, 2.24) is 4.90 Å². The van der Waals surface area contributed by atoms with Crippen LogP contribution in [0.25, 0.3) is 0 Å². The summed E-state index contributed by atoms with van der Waals surface area (Å²) >= 11 is 3.46. The first-order valence-electron chi connectivity index (χ1n) is 7.70. The second-order valence-corrected chi connectivity index (χ2v) is 7.17. The molecule has 1 aliphatic carbocycles. The van der Waals surface area contributed by atoms with Crippen LogP contribution in [0.3, 0.4) is 0 Å². The van der Waals surface area contributed by atoms with Crippen LogP contribution >= 0.6 is 15.9 Å². The molecule has 1 aliphatic rings. The van der Waals surface area contributed by atoms with E-state index in [0.29, 0.717) is 6.04 Å². The van der Waals surface area contributed by atoms with Crippen LogP contribution in [0.15, 0.2) is 28.7 Å². The van der Waals surface area contributed by atoms with Crippen LogP contribution in [0.5, 0.6) is 0 Å². The Hall–Kier alpha value is -0.380. The molecule has 3 heteroatoms. The number of aliphatic hydroxyl groups is 1. The zero-order chi connectivity index (χ0) is 14.5. The predicted octanol–water partition coefficient (Wildman–Crippen LogP) is 4.38. The van der Waals surface area contributed by atoms with Crippen molar-refractivity contribution in [2.45, 2.75) is 51.2 Å². The van der Waals surface area contributed by atoms with Gasteiger partial charge in [-0.05, 0) is 62.8 Å². The van der Waals surface area contributed by atoms with E-state index in [1.807, 2.05) is 24.3 Å². The van der Waals surface area contributed by atoms with Crippen molar-refractivity contribution >= 4 is 15.9 Å². The molecule has 1 aromatic carbocycles. The highest BCUT2D eigenvalue weighted by Gasteiger charge is 2.22. The Labute approximate surface area is 131 Å². The summed E-state index contributed by atoms with van der Waals surface area (Å²) in [6.07, 6.45) is 5.76. The van der Waals surface area contributed by atoms with E-state index in [-0.39, 0.29) is 6.10 Å². The summed E-state index contributed by atoms with van der Waals surface area (Å²) in [5, 5.41) is 10.3. The van der Waals surface area contributed by atoms with Crippen molar-refractivity contribution in [3.63, 3.8) is 0 Å². The van der Waals surface area contributed by atoms with Gasteiger partial charge in [-0.1, -0.05) is 35.0 Å². The second-order valence-electron chi connectivity index (χ2n) is 6.25. The van der Waals surface area contributed by atoms with E-state index < -0.39 is 0 Å². The summed E-state index contributed by atoms with van der Waals surface area (Å²) in [5.74, 6) is 0.895. The third kappa shape index (κ3) is 4.57. The lowest BCUT2D eigenvalue weighted by molar-refractivity contribution is 0.119. The molecule has 0 radical (unpaired) electrons. The number of benzene rings is 1. The molecular weight excluding hydrogens is 314 g/mol. The maximum atomic E-state index is 10.3. The van der Waals surface area contributed by atoms with E-state index in [4.69, 9.17) is 0 Å². The highest BCUT2D eigenvalue weighted by molar-refractivity contribution is 9.10. The Kier molecular flexibility index (Phi) is 6.06. The van der Waals surface area contributed by atoms with Crippen LogP contribution in [-0.2, 0) is 0 Å². The van der Waals surface area contributed by atoms with Gasteiger partial charge in [-0.15, -0.1) is 0 Å². The minimum absolute atomic E-state index is 0.363. The minimum atomic E-state index is -0.363. The van der Waals surface area contributed by atoms with Gasteiger partial charge in [0.15, 0.2) is 0 Å². The quantitative estimate of drug-likeness (QED) is 0.860. The van der Waals surface area contributed by atoms with Gasteiger partial charge in [-0.2, -0.15) is 0 Å². The summed E-state index contributed by atoms with van der Waals surface area (Å²) in [6.45, 7) is 3.32. The molecule has 0 aliphatic heterocycles. The minimum Gasteiger partial charge on any atom is -0.388 e. The van der Waals surface area contributed by atoms with Crippen LogP contribution in [0.4, 0.5) is 0 Å². The topological polar surface area (TPSA) is 23.5 Å². The summed E-state index contributed by atoms with van der Waals surface area (Å²) in [5.41, 5.74) is 1.00. The van der Waals surface area contributed by atoms with E-state index in [1.165, 1.54) is 25.7 Å². The molecule has 1 aromatic rings. The maximum absolute atomic E-state index is 10.3. The average Bonchev–Trinajstić information content (AvgIpc) is 2.45. The number of halogens is 1. The van der Waals surface area contributed by atoms with E-state index >= 15 is 0 Å². The van der Waals surface area contributed by atoms with E-state index in [2.05, 4.69) is 34.8 Å². The molecule has 112 valence electrons. The number of hydrogen-bond acceptors (Lipinski definition) is 2. The van der Waals surface area contributed by atoms with Gasteiger partial charge in [0.2, 0.25) is 0 Å². The SMILES string of the molecule is CC1CCC(N(C)CCC(O)c2cccc(Br)c2)CC1. The molecule has 1 atom stereocenters. The lowest BCUT2D eigenvalue weighted by Gasteiger charge is -2.34. The third-order valence-corrected chi connectivity index (χ3v) is 5.09. The van der Waals surface area contributed by atoms with Gasteiger partial charge in [0.05, 0.1) is 6.10 Å². The van der Waals surface area contributed by atoms with Gasteiger partial charge in [0.1, 0.15) is 0 Å². The van der Waals surface area contributed by atoms with Gasteiger partial charge < -0.3 is 10.0 Å². The zero-order valence-electron chi connectivity index (χ0n) is 12.6. The van der Waals surface area contributed by atoms with Crippen LogP contribution in [0.2, 0.25) is 0 Å². The summed E-state index contributed by atoms with van der Waals surface area (Å²) < 4.78 is 1.03. The van der Waals surface area contributed by atoms with Crippen molar-refractivity contribution in [3.8, 4) is 0 Å². The standard InChI is InChI=1S/C17H26BrNO/c1-13-6-8-16(9-7-13)19(2)11-10-17(20)14-4-3-5-15(18)12-14/h3-5,12-13,16-17,20H,6-11H2,1-2H3. The summed E-state index contributed by atoms with van der Waals surface area (Å²) in [7, 11) is 2.20. The monoisotopic (exact) mass is 339 g/mol. The van der Waals surface area contributed by atoms with Crippen molar-refractivity contribution in [1.29, 1.82) is 0 Å². The molecule has 1 saturated carbocycles. The summed E-state index contributed by atoms with van der Waals surface area (Å²) in [4.78, 5) is 2.44. The maximum Gasteiger partial charge on any atom is 0.0802 e. The molecule has 0 bridgehead atoms. The normalized spacial score (nSPS) is 24.9. The van der Waals surface area contributed by atoms with E-state index in [1.54, 1.807) is 0 Å². The van der Waals surface area contributed by atoms with Crippen molar-refractivity contribution in [3.05, 3.63) is 34.3 Å². The van der Waals surface area contributed by atoms with Gasteiger partial charge in [0, 0.05) is 17.1 Å². The number of nitrogens with zero attached hydrogens (tertiary/aromatic N) is 1. The lowest BCUT2D eigenvalue weighted by Crippen LogP contribution is -2.35. The molecule has 0 aromatic heterocycles. The van der Waals surface area contributed by atoms with Crippen LogP contribution in [0.1, 0.15) is 50.7 Å². The van der Waals surface area contributed by atoms with Crippen molar-refractivity contribution < 1.29 is 5.11 Å². The number of aliphatic hydroxyl groups excluding tert-OH is 1. The largest absolute Gasteiger partial charge is 0.388 e. The highest BCUT2D eigenvalue weighted by atomic mass is 79.9. The molecule has 1 unspecified atom stereocenters. The molecular formula is C17H26BrNO. The van der Waals surface area contributed by atoms with Gasteiger partial charge in [-0.3, -0.25) is 0 Å². The first-order chi connectivity index (χ1) is 9.56. The molecule has 0 heterocycles. The first-order valence-corrected chi connectivity index (χ1v) is 8.49. The molecule has 1 fully saturated rings. The van der Waals surface area contributed by atoms with E-state index in [9.17, 15) is 5.11 Å². The number of rotatable bonds is 5.